The van der Waals surface area contributed by atoms with Crippen molar-refractivity contribution in [3.05, 3.63) is 23.3 Å². The van der Waals surface area contributed by atoms with Crippen molar-refractivity contribution in [3.63, 3.8) is 0 Å². The number of nitrogens with zero attached hydrogens (tertiary/aromatic N) is 1. The quantitative estimate of drug-likeness (QED) is 0.789. The monoisotopic (exact) mass is 287 g/mol. The number of aromatic nitrogens is 1. The molecule has 2 aromatic rings. The summed E-state index contributed by atoms with van der Waals surface area (Å²) in [7, 11) is 0. The standard InChI is InChI=1S/C11H11F2N3O2S/c12-11(13,5-17)4-16-10(18)9-8(14)6-1-2-15-3-7(6)19-9/h1-3,17H,4-5,14H2,(H,16,18). The molecule has 102 valence electrons. The Morgan fingerprint density at radius 3 is 2.95 bits per heavy atom. The zero-order valence-corrected chi connectivity index (χ0v) is 10.5. The normalized spacial score (nSPS) is 11.7. The molecule has 2 rings (SSSR count). The van der Waals surface area contributed by atoms with Crippen molar-refractivity contribution in [3.8, 4) is 0 Å². The topological polar surface area (TPSA) is 88.2 Å². The van der Waals surface area contributed by atoms with Crippen LogP contribution in [0.2, 0.25) is 0 Å². The van der Waals surface area contributed by atoms with Crippen LogP contribution in [-0.2, 0) is 0 Å². The Morgan fingerprint density at radius 1 is 1.58 bits per heavy atom. The van der Waals surface area contributed by atoms with Crippen LogP contribution in [0.4, 0.5) is 14.5 Å². The Bertz CT molecular complexity index is 615. The van der Waals surface area contributed by atoms with Gasteiger partial charge in [0, 0.05) is 17.8 Å². The van der Waals surface area contributed by atoms with Crippen molar-refractivity contribution in [1.29, 1.82) is 0 Å². The van der Waals surface area contributed by atoms with Crippen LogP contribution in [0.25, 0.3) is 10.1 Å². The molecule has 0 aromatic carbocycles. The lowest BCUT2D eigenvalue weighted by molar-refractivity contribution is -0.0461. The van der Waals surface area contributed by atoms with Gasteiger partial charge in [-0.15, -0.1) is 11.3 Å². The van der Waals surface area contributed by atoms with E-state index in [9.17, 15) is 13.6 Å². The van der Waals surface area contributed by atoms with Crippen molar-refractivity contribution in [1.82, 2.24) is 10.3 Å². The minimum Gasteiger partial charge on any atom is -0.397 e. The fourth-order valence-electron chi connectivity index (χ4n) is 1.49. The van der Waals surface area contributed by atoms with E-state index in [-0.39, 0.29) is 10.6 Å². The molecule has 0 unspecified atom stereocenters. The van der Waals surface area contributed by atoms with E-state index in [0.717, 1.165) is 11.3 Å². The van der Waals surface area contributed by atoms with E-state index in [0.29, 0.717) is 10.1 Å². The molecule has 0 saturated heterocycles. The van der Waals surface area contributed by atoms with Gasteiger partial charge in [0.15, 0.2) is 0 Å². The third-order valence-electron chi connectivity index (χ3n) is 2.48. The average Bonchev–Trinajstić information content (AvgIpc) is 2.74. The van der Waals surface area contributed by atoms with Gasteiger partial charge >= 0.3 is 0 Å². The number of aliphatic hydroxyl groups is 1. The molecule has 0 aliphatic carbocycles. The number of anilines is 1. The summed E-state index contributed by atoms with van der Waals surface area (Å²) in [6.07, 6.45) is 3.09. The molecule has 0 atom stereocenters. The van der Waals surface area contributed by atoms with Crippen molar-refractivity contribution in [2.24, 2.45) is 0 Å². The fourth-order valence-corrected chi connectivity index (χ4v) is 2.49. The number of pyridine rings is 1. The number of hydrogen-bond donors (Lipinski definition) is 3. The SMILES string of the molecule is Nc1c(C(=O)NCC(F)(F)CO)sc2cnccc12. The molecule has 0 bridgehead atoms. The second-order valence-corrected chi connectivity index (χ2v) is 4.97. The molecule has 8 heteroatoms. The molecule has 0 radical (unpaired) electrons. The summed E-state index contributed by atoms with van der Waals surface area (Å²) in [4.78, 5) is 15.8. The highest BCUT2D eigenvalue weighted by Crippen LogP contribution is 2.32. The average molecular weight is 287 g/mol. The van der Waals surface area contributed by atoms with Gasteiger partial charge < -0.3 is 16.2 Å². The number of amides is 1. The first-order chi connectivity index (χ1) is 8.94. The number of nitrogens with one attached hydrogen (secondary N) is 1. The Kier molecular flexibility index (Phi) is 3.63. The summed E-state index contributed by atoms with van der Waals surface area (Å²) >= 11 is 1.08. The number of rotatable bonds is 4. The summed E-state index contributed by atoms with van der Waals surface area (Å²) in [5, 5.41) is 11.1. The maximum Gasteiger partial charge on any atom is 0.287 e. The fraction of sp³-hybridized carbons (Fsp3) is 0.273. The molecule has 1 amide bonds. The molecule has 0 aliphatic heterocycles. The molecule has 0 fully saturated rings. The van der Waals surface area contributed by atoms with Crippen molar-refractivity contribution >= 4 is 33.0 Å². The number of nitrogen functional groups attached to an aromatic ring is 1. The summed E-state index contributed by atoms with van der Waals surface area (Å²) in [6.45, 7) is -2.26. The Labute approximate surface area is 111 Å². The lowest BCUT2D eigenvalue weighted by Crippen LogP contribution is -2.38. The lowest BCUT2D eigenvalue weighted by atomic mass is 10.2. The maximum atomic E-state index is 12.8. The van der Waals surface area contributed by atoms with E-state index in [1.165, 1.54) is 6.20 Å². The predicted molar refractivity (Wildman–Crippen MR) is 68.4 cm³/mol. The van der Waals surface area contributed by atoms with Crippen molar-refractivity contribution in [2.75, 3.05) is 18.9 Å². The van der Waals surface area contributed by atoms with Gasteiger partial charge in [-0.1, -0.05) is 0 Å². The highest BCUT2D eigenvalue weighted by Gasteiger charge is 2.29. The van der Waals surface area contributed by atoms with E-state index in [4.69, 9.17) is 10.8 Å². The van der Waals surface area contributed by atoms with Gasteiger partial charge in [0.05, 0.1) is 16.9 Å². The van der Waals surface area contributed by atoms with Crippen LogP contribution in [0.1, 0.15) is 9.67 Å². The molecule has 19 heavy (non-hydrogen) atoms. The van der Waals surface area contributed by atoms with E-state index in [1.807, 2.05) is 0 Å². The molecule has 4 N–H and O–H groups in total. The first-order valence-corrected chi connectivity index (χ1v) is 6.15. The number of halogens is 2. The van der Waals surface area contributed by atoms with Gasteiger partial charge in [-0.05, 0) is 6.07 Å². The van der Waals surface area contributed by atoms with E-state index < -0.39 is 25.0 Å². The van der Waals surface area contributed by atoms with E-state index in [2.05, 4.69) is 10.3 Å². The smallest absolute Gasteiger partial charge is 0.287 e. The number of aliphatic hydroxyl groups excluding tert-OH is 1. The van der Waals surface area contributed by atoms with E-state index in [1.54, 1.807) is 12.3 Å². The van der Waals surface area contributed by atoms with Crippen LogP contribution in [0.3, 0.4) is 0 Å². The lowest BCUT2D eigenvalue weighted by Gasteiger charge is -2.13. The van der Waals surface area contributed by atoms with Gasteiger partial charge in [0.1, 0.15) is 11.5 Å². The molecular formula is C11H11F2N3O2S. The molecule has 0 aliphatic rings. The van der Waals surface area contributed by atoms with Crippen LogP contribution >= 0.6 is 11.3 Å². The van der Waals surface area contributed by atoms with Crippen LogP contribution in [-0.4, -0.2) is 35.1 Å². The largest absolute Gasteiger partial charge is 0.397 e. The van der Waals surface area contributed by atoms with Gasteiger partial charge in [0.2, 0.25) is 0 Å². The minimum atomic E-state index is -3.34. The van der Waals surface area contributed by atoms with Gasteiger partial charge in [-0.25, -0.2) is 8.78 Å². The Morgan fingerprint density at radius 2 is 2.32 bits per heavy atom. The first kappa shape index (κ1) is 13.6. The molecule has 5 nitrogen and oxygen atoms in total. The number of carbonyl (C=O) groups excluding carboxylic acids is 1. The number of fused-ring (bicyclic) bond motifs is 1. The highest BCUT2D eigenvalue weighted by molar-refractivity contribution is 7.21. The van der Waals surface area contributed by atoms with Gasteiger partial charge in [-0.2, -0.15) is 0 Å². The number of nitrogens with two attached hydrogens (primary N) is 1. The van der Waals surface area contributed by atoms with Crippen LogP contribution in [0.5, 0.6) is 0 Å². The molecule has 2 aromatic heterocycles. The third-order valence-corrected chi connectivity index (χ3v) is 3.63. The molecule has 0 spiro atoms. The van der Waals surface area contributed by atoms with Crippen molar-refractivity contribution in [2.45, 2.75) is 5.92 Å². The summed E-state index contributed by atoms with van der Waals surface area (Å²) < 4.78 is 26.4. The minimum absolute atomic E-state index is 0.164. The number of thiophene rings is 1. The second-order valence-electron chi connectivity index (χ2n) is 3.91. The van der Waals surface area contributed by atoms with Gasteiger partial charge in [-0.3, -0.25) is 9.78 Å². The van der Waals surface area contributed by atoms with Crippen molar-refractivity contribution < 1.29 is 18.7 Å². The highest BCUT2D eigenvalue weighted by atomic mass is 32.1. The zero-order chi connectivity index (χ0) is 14.0. The first-order valence-electron chi connectivity index (χ1n) is 5.33. The van der Waals surface area contributed by atoms with E-state index >= 15 is 0 Å². The molecule has 2 heterocycles. The number of alkyl halides is 2. The Hall–Kier alpha value is -1.80. The summed E-state index contributed by atoms with van der Waals surface area (Å²) in [5.41, 5.74) is 6.04. The molecular weight excluding hydrogens is 276 g/mol. The summed E-state index contributed by atoms with van der Waals surface area (Å²) in [6, 6.07) is 1.65. The second kappa shape index (κ2) is 5.06. The Balaban J connectivity index is 2.20. The van der Waals surface area contributed by atoms with Crippen LogP contribution in [0.15, 0.2) is 18.5 Å². The number of carbonyl (C=O) groups is 1. The van der Waals surface area contributed by atoms with Crippen LogP contribution in [0, 0.1) is 0 Å². The zero-order valence-electron chi connectivity index (χ0n) is 9.69. The number of hydrogen-bond acceptors (Lipinski definition) is 5. The van der Waals surface area contributed by atoms with Crippen LogP contribution < -0.4 is 11.1 Å². The molecule has 0 saturated carbocycles. The predicted octanol–water partition coefficient (Wildman–Crippen LogP) is 1.24. The third kappa shape index (κ3) is 2.79. The van der Waals surface area contributed by atoms with Gasteiger partial charge in [0.25, 0.3) is 11.8 Å². The maximum absolute atomic E-state index is 12.8. The summed E-state index contributed by atoms with van der Waals surface area (Å²) in [5.74, 6) is -4.03.